The van der Waals surface area contributed by atoms with Crippen LogP contribution in [0.3, 0.4) is 0 Å². The van der Waals surface area contributed by atoms with Crippen LogP contribution in [0.15, 0.2) is 152 Å². The summed E-state index contributed by atoms with van der Waals surface area (Å²) in [6.45, 7) is 7.54. The number of benzene rings is 7. The van der Waals surface area contributed by atoms with Gasteiger partial charge in [0.15, 0.2) is 5.69 Å². The molecule has 2 heterocycles. The van der Waals surface area contributed by atoms with Crippen LogP contribution in [0, 0.1) is 29.2 Å². The van der Waals surface area contributed by atoms with Gasteiger partial charge in [-0.25, -0.2) is 4.85 Å². The molecule has 0 spiro atoms. The van der Waals surface area contributed by atoms with E-state index in [-0.39, 0.29) is 0 Å². The van der Waals surface area contributed by atoms with Gasteiger partial charge in [0, 0.05) is 27.4 Å². The number of hydrogen-bond acceptors (Lipinski definition) is 2. The van der Waals surface area contributed by atoms with Crippen molar-refractivity contribution < 1.29 is 0 Å². The van der Waals surface area contributed by atoms with Gasteiger partial charge in [0.25, 0.3) is 0 Å². The van der Waals surface area contributed by atoms with Gasteiger partial charge in [-0.2, -0.15) is 10.5 Å². The lowest BCUT2D eigenvalue weighted by molar-refractivity contribution is 1.18. The van der Waals surface area contributed by atoms with E-state index in [9.17, 15) is 10.5 Å². The standard InChI is InChI=1S/C45H25N5/c1-48-32-18-23-43-40(26-32)37-11-4-6-12-41(37)49(43)33-19-16-31(17-20-33)34-8-2-3-9-35(34)38-24-29(27-46)14-21-44(38)50-42-13-7-5-10-36(42)39-25-30(28-47)15-22-45(39)50/h2-26H. The molecule has 0 aliphatic carbocycles. The summed E-state index contributed by atoms with van der Waals surface area (Å²) in [4.78, 5) is 3.67. The normalized spacial score (nSPS) is 11.1. The first-order valence-corrected chi connectivity index (χ1v) is 16.3. The van der Waals surface area contributed by atoms with Gasteiger partial charge in [-0.1, -0.05) is 78.9 Å². The van der Waals surface area contributed by atoms with Crippen LogP contribution in [0.25, 0.3) is 82.1 Å². The lowest BCUT2D eigenvalue weighted by Crippen LogP contribution is -1.99. The Morgan fingerprint density at radius 2 is 1.02 bits per heavy atom. The third kappa shape index (κ3) is 4.38. The van der Waals surface area contributed by atoms with Gasteiger partial charge in [-0.3, -0.25) is 0 Å². The fraction of sp³-hybridized carbons (Fsp3) is 0. The van der Waals surface area contributed by atoms with Crippen LogP contribution in [-0.2, 0) is 0 Å². The van der Waals surface area contributed by atoms with Crippen LogP contribution in [0.4, 0.5) is 5.69 Å². The van der Waals surface area contributed by atoms with E-state index in [1.54, 1.807) is 0 Å². The van der Waals surface area contributed by atoms with E-state index in [0.717, 1.165) is 77.2 Å². The first-order valence-electron chi connectivity index (χ1n) is 16.3. The molecule has 5 nitrogen and oxygen atoms in total. The monoisotopic (exact) mass is 635 g/mol. The fourth-order valence-corrected chi connectivity index (χ4v) is 7.39. The molecule has 2 aromatic heterocycles. The van der Waals surface area contributed by atoms with Crippen molar-refractivity contribution in [3.63, 3.8) is 0 Å². The molecule has 0 radical (unpaired) electrons. The van der Waals surface area contributed by atoms with Gasteiger partial charge in [-0.15, -0.1) is 0 Å². The molecule has 0 unspecified atom stereocenters. The first kappa shape index (κ1) is 28.8. The molecule has 9 aromatic rings. The van der Waals surface area contributed by atoms with Crippen LogP contribution < -0.4 is 0 Å². The summed E-state index contributed by atoms with van der Waals surface area (Å²) in [7, 11) is 0. The van der Waals surface area contributed by atoms with Gasteiger partial charge >= 0.3 is 0 Å². The molecule has 7 aromatic carbocycles. The van der Waals surface area contributed by atoms with E-state index < -0.39 is 0 Å². The van der Waals surface area contributed by atoms with Crippen molar-refractivity contribution in [1.82, 2.24) is 9.13 Å². The second-order valence-electron chi connectivity index (χ2n) is 12.3. The van der Waals surface area contributed by atoms with E-state index in [4.69, 9.17) is 6.57 Å². The molecular formula is C45H25N5. The molecule has 5 heteroatoms. The Bertz CT molecular complexity index is 2960. The molecule has 0 N–H and O–H groups in total. The predicted octanol–water partition coefficient (Wildman–Crippen LogP) is 11.5. The number of rotatable bonds is 4. The lowest BCUT2D eigenvalue weighted by atomic mass is 9.92. The molecule has 0 aliphatic heterocycles. The van der Waals surface area contributed by atoms with Crippen molar-refractivity contribution >= 4 is 49.3 Å². The van der Waals surface area contributed by atoms with Crippen LogP contribution >= 0.6 is 0 Å². The van der Waals surface area contributed by atoms with Crippen LogP contribution in [-0.4, -0.2) is 9.13 Å². The quantitative estimate of drug-likeness (QED) is 0.181. The van der Waals surface area contributed by atoms with E-state index >= 15 is 0 Å². The maximum Gasteiger partial charge on any atom is 0.188 e. The topological polar surface area (TPSA) is 61.8 Å². The van der Waals surface area contributed by atoms with Crippen molar-refractivity contribution in [1.29, 1.82) is 10.5 Å². The highest BCUT2D eigenvalue weighted by Gasteiger charge is 2.19. The summed E-state index contributed by atoms with van der Waals surface area (Å²) in [5, 5.41) is 23.9. The molecular weight excluding hydrogens is 611 g/mol. The van der Waals surface area contributed by atoms with Gasteiger partial charge in [-0.05, 0) is 94.9 Å². The van der Waals surface area contributed by atoms with Crippen LogP contribution in [0.5, 0.6) is 0 Å². The average Bonchev–Trinajstić information content (AvgIpc) is 3.69. The molecule has 230 valence electrons. The molecule has 0 aliphatic rings. The summed E-state index contributed by atoms with van der Waals surface area (Å²) in [5.74, 6) is 0. The van der Waals surface area contributed by atoms with Gasteiger partial charge in [0.05, 0.1) is 57.6 Å². The second kappa shape index (κ2) is 11.4. The fourth-order valence-electron chi connectivity index (χ4n) is 7.39. The van der Waals surface area contributed by atoms with Crippen molar-refractivity contribution in [2.75, 3.05) is 0 Å². The Morgan fingerprint density at radius 1 is 0.460 bits per heavy atom. The Morgan fingerprint density at radius 3 is 1.74 bits per heavy atom. The smallest absolute Gasteiger partial charge is 0.188 e. The largest absolute Gasteiger partial charge is 0.309 e. The molecule has 50 heavy (non-hydrogen) atoms. The van der Waals surface area contributed by atoms with Crippen molar-refractivity contribution in [2.24, 2.45) is 0 Å². The summed E-state index contributed by atoms with van der Waals surface area (Å²) in [5.41, 5.74) is 12.0. The highest BCUT2D eigenvalue weighted by atomic mass is 15.0. The highest BCUT2D eigenvalue weighted by molar-refractivity contribution is 6.11. The summed E-state index contributed by atoms with van der Waals surface area (Å²) in [6, 6.07) is 55.7. The Labute approximate surface area is 288 Å². The van der Waals surface area contributed by atoms with Crippen LogP contribution in [0.2, 0.25) is 0 Å². The van der Waals surface area contributed by atoms with E-state index in [1.807, 2.05) is 91.0 Å². The van der Waals surface area contributed by atoms with Crippen molar-refractivity contribution in [3.8, 4) is 45.8 Å². The van der Waals surface area contributed by atoms with E-state index in [0.29, 0.717) is 16.8 Å². The number of hydrogen-bond donors (Lipinski definition) is 0. The zero-order valence-corrected chi connectivity index (χ0v) is 26.7. The third-order valence-corrected chi connectivity index (χ3v) is 9.61. The first-order chi connectivity index (χ1) is 24.7. The minimum atomic E-state index is 0.578. The highest BCUT2D eigenvalue weighted by Crippen LogP contribution is 2.41. The SMILES string of the molecule is [C-]#[N+]c1ccc2c(c1)c1ccccc1n2-c1ccc(-c2ccccc2-c2cc(C#N)ccc2-n2c3ccccc3c3cc(C#N)ccc32)cc1. The van der Waals surface area contributed by atoms with Crippen molar-refractivity contribution in [3.05, 3.63) is 174 Å². The minimum absolute atomic E-state index is 0.578. The Balaban J connectivity index is 1.23. The zero-order valence-electron chi connectivity index (χ0n) is 26.7. The van der Waals surface area contributed by atoms with Gasteiger partial charge in [0.1, 0.15) is 0 Å². The molecule has 9 rings (SSSR count). The number of fused-ring (bicyclic) bond motifs is 6. The maximum absolute atomic E-state index is 10.0. The number of nitriles is 2. The number of nitrogens with zero attached hydrogens (tertiary/aromatic N) is 5. The van der Waals surface area contributed by atoms with Crippen molar-refractivity contribution in [2.45, 2.75) is 0 Å². The summed E-state index contributed by atoms with van der Waals surface area (Å²) >= 11 is 0. The molecule has 0 saturated carbocycles. The summed E-state index contributed by atoms with van der Waals surface area (Å²) < 4.78 is 4.49. The molecule has 0 fully saturated rings. The minimum Gasteiger partial charge on any atom is -0.309 e. The van der Waals surface area contributed by atoms with E-state index in [1.165, 1.54) is 0 Å². The molecule has 0 amide bonds. The predicted molar refractivity (Wildman–Crippen MR) is 202 cm³/mol. The van der Waals surface area contributed by atoms with Gasteiger partial charge in [0.2, 0.25) is 0 Å². The molecule has 0 saturated heterocycles. The molecule has 0 atom stereocenters. The Kier molecular flexibility index (Phi) is 6.56. The van der Waals surface area contributed by atoms with E-state index in [2.05, 4.69) is 86.8 Å². The lowest BCUT2D eigenvalue weighted by Gasteiger charge is -2.18. The Hall–Kier alpha value is -7.39. The zero-order chi connectivity index (χ0) is 33.8. The second-order valence-corrected chi connectivity index (χ2v) is 12.3. The number of aromatic nitrogens is 2. The average molecular weight is 636 g/mol. The van der Waals surface area contributed by atoms with Gasteiger partial charge < -0.3 is 9.13 Å². The number of para-hydroxylation sites is 2. The maximum atomic E-state index is 10.0. The summed E-state index contributed by atoms with van der Waals surface area (Å²) in [6.07, 6.45) is 0. The third-order valence-electron chi connectivity index (χ3n) is 9.61. The molecule has 0 bridgehead atoms. The van der Waals surface area contributed by atoms with Crippen LogP contribution in [0.1, 0.15) is 11.1 Å².